The Morgan fingerprint density at radius 1 is 1.43 bits per heavy atom. The Kier molecular flexibility index (Phi) is 4.16. The van der Waals surface area contributed by atoms with Crippen molar-refractivity contribution in [3.8, 4) is 0 Å². The van der Waals surface area contributed by atoms with E-state index < -0.39 is 4.92 Å². The minimum absolute atomic E-state index is 0.00574. The van der Waals surface area contributed by atoms with Crippen LogP contribution in [0.4, 0.5) is 11.4 Å². The first-order valence-corrected chi connectivity index (χ1v) is 7.09. The van der Waals surface area contributed by atoms with Gasteiger partial charge < -0.3 is 10.2 Å². The lowest BCUT2D eigenvalue weighted by Crippen LogP contribution is -2.40. The van der Waals surface area contributed by atoms with Crippen LogP contribution in [0, 0.1) is 15.5 Å². The average molecular weight is 291 g/mol. The zero-order valence-electron chi connectivity index (χ0n) is 12.7. The van der Waals surface area contributed by atoms with E-state index in [1.54, 1.807) is 12.1 Å². The maximum atomic E-state index is 11.6. The summed E-state index contributed by atoms with van der Waals surface area (Å²) in [6.45, 7) is 5.94. The number of nitrogens with zero attached hydrogens (tertiary/aromatic N) is 2. The number of anilines is 1. The highest BCUT2D eigenvalue weighted by molar-refractivity contribution is 5.95. The summed E-state index contributed by atoms with van der Waals surface area (Å²) in [4.78, 5) is 24.6. The van der Waals surface area contributed by atoms with Crippen LogP contribution < -0.4 is 10.2 Å². The number of carbonyl (C=O) groups is 1. The number of nitrogens with one attached hydrogen (secondary N) is 1. The summed E-state index contributed by atoms with van der Waals surface area (Å²) in [5, 5.41) is 13.8. The lowest BCUT2D eigenvalue weighted by molar-refractivity contribution is -0.384. The van der Waals surface area contributed by atoms with Gasteiger partial charge in [0.15, 0.2) is 0 Å². The molecule has 6 heteroatoms. The molecule has 1 aliphatic rings. The van der Waals surface area contributed by atoms with Crippen LogP contribution in [0.15, 0.2) is 18.2 Å². The Labute approximate surface area is 124 Å². The van der Waals surface area contributed by atoms with E-state index in [4.69, 9.17) is 0 Å². The van der Waals surface area contributed by atoms with Crippen molar-refractivity contribution in [3.63, 3.8) is 0 Å². The molecule has 0 unspecified atom stereocenters. The third-order valence-electron chi connectivity index (χ3n) is 3.90. The first-order valence-electron chi connectivity index (χ1n) is 7.09. The molecule has 1 heterocycles. The number of benzene rings is 1. The third kappa shape index (κ3) is 3.32. The summed E-state index contributed by atoms with van der Waals surface area (Å²) in [6.07, 6.45) is 2.13. The van der Waals surface area contributed by atoms with Gasteiger partial charge in [0.1, 0.15) is 5.69 Å². The zero-order valence-corrected chi connectivity index (χ0v) is 12.7. The van der Waals surface area contributed by atoms with Crippen molar-refractivity contribution in [3.05, 3.63) is 33.9 Å². The van der Waals surface area contributed by atoms with E-state index in [9.17, 15) is 14.9 Å². The molecule has 114 valence electrons. The second kappa shape index (κ2) is 5.71. The molecule has 1 amide bonds. The van der Waals surface area contributed by atoms with Crippen LogP contribution in [0.3, 0.4) is 0 Å². The van der Waals surface area contributed by atoms with Crippen molar-refractivity contribution in [2.75, 3.05) is 25.0 Å². The van der Waals surface area contributed by atoms with E-state index >= 15 is 0 Å². The molecule has 1 saturated heterocycles. The highest BCUT2D eigenvalue weighted by Crippen LogP contribution is 2.36. The number of piperidine rings is 1. The van der Waals surface area contributed by atoms with E-state index in [1.807, 2.05) is 0 Å². The van der Waals surface area contributed by atoms with Crippen molar-refractivity contribution < 1.29 is 9.72 Å². The molecule has 1 aromatic rings. The predicted octanol–water partition coefficient (Wildman–Crippen LogP) is 2.58. The summed E-state index contributed by atoms with van der Waals surface area (Å²) in [6, 6.07) is 4.68. The Morgan fingerprint density at radius 2 is 2.14 bits per heavy atom. The molecule has 6 nitrogen and oxygen atoms in total. The fraction of sp³-hybridized carbons (Fsp3) is 0.533. The molecule has 0 bridgehead atoms. The summed E-state index contributed by atoms with van der Waals surface area (Å²) in [5.41, 5.74) is 1.05. The maximum absolute atomic E-state index is 11.6. The van der Waals surface area contributed by atoms with Gasteiger partial charge in [0.05, 0.1) is 4.92 Å². The van der Waals surface area contributed by atoms with Gasteiger partial charge in [0.25, 0.3) is 11.6 Å². The zero-order chi connectivity index (χ0) is 15.6. The van der Waals surface area contributed by atoms with Gasteiger partial charge in [0.2, 0.25) is 0 Å². The molecular weight excluding hydrogens is 270 g/mol. The number of nitro groups is 1. The number of amides is 1. The molecule has 0 atom stereocenters. The predicted molar refractivity (Wildman–Crippen MR) is 81.7 cm³/mol. The molecule has 0 aromatic heterocycles. The molecule has 0 radical (unpaired) electrons. The molecule has 1 aromatic carbocycles. The standard InChI is InChI=1S/C15H21N3O3/c1-15(2)7-4-8-17(10-15)12-6-5-11(14(19)16-3)9-13(12)18(20)21/h5-6,9H,4,7-8,10H2,1-3H3,(H,16,19). The summed E-state index contributed by atoms with van der Waals surface area (Å²) in [7, 11) is 1.51. The lowest BCUT2D eigenvalue weighted by atomic mass is 9.84. The van der Waals surface area contributed by atoms with E-state index in [0.717, 1.165) is 25.9 Å². The van der Waals surface area contributed by atoms with Crippen molar-refractivity contribution in [2.45, 2.75) is 26.7 Å². The van der Waals surface area contributed by atoms with Gasteiger partial charge in [-0.25, -0.2) is 0 Å². The van der Waals surface area contributed by atoms with Crippen LogP contribution in [0.25, 0.3) is 0 Å². The van der Waals surface area contributed by atoms with Crippen molar-refractivity contribution in [1.82, 2.24) is 5.32 Å². The highest BCUT2D eigenvalue weighted by Gasteiger charge is 2.30. The SMILES string of the molecule is CNC(=O)c1ccc(N2CCCC(C)(C)C2)c([N+](=O)[O-])c1. The molecule has 0 spiro atoms. The topological polar surface area (TPSA) is 75.5 Å². The Balaban J connectivity index is 2.39. The minimum Gasteiger partial charge on any atom is -0.365 e. The largest absolute Gasteiger partial charge is 0.365 e. The van der Waals surface area contributed by atoms with Crippen molar-refractivity contribution in [1.29, 1.82) is 0 Å². The Hall–Kier alpha value is -2.11. The van der Waals surface area contributed by atoms with Gasteiger partial charge in [-0.2, -0.15) is 0 Å². The second-order valence-electron chi connectivity index (χ2n) is 6.23. The molecule has 1 N–H and O–H groups in total. The van der Waals surface area contributed by atoms with Gasteiger partial charge in [-0.3, -0.25) is 14.9 Å². The van der Waals surface area contributed by atoms with Crippen LogP contribution in [0.2, 0.25) is 0 Å². The van der Waals surface area contributed by atoms with Crippen LogP contribution in [-0.2, 0) is 0 Å². The molecule has 1 aliphatic heterocycles. The van der Waals surface area contributed by atoms with Crippen LogP contribution in [0.5, 0.6) is 0 Å². The van der Waals surface area contributed by atoms with Crippen molar-refractivity contribution >= 4 is 17.3 Å². The van der Waals surface area contributed by atoms with Gasteiger partial charge in [-0.1, -0.05) is 13.8 Å². The second-order valence-corrected chi connectivity index (χ2v) is 6.23. The smallest absolute Gasteiger partial charge is 0.293 e. The van der Waals surface area contributed by atoms with E-state index in [1.165, 1.54) is 13.1 Å². The van der Waals surface area contributed by atoms with E-state index in [-0.39, 0.29) is 17.0 Å². The number of carbonyl (C=O) groups excluding carboxylic acids is 1. The molecule has 2 rings (SSSR count). The highest BCUT2D eigenvalue weighted by atomic mass is 16.6. The summed E-state index contributed by atoms with van der Waals surface area (Å²) >= 11 is 0. The average Bonchev–Trinajstić information content (AvgIpc) is 2.44. The van der Waals surface area contributed by atoms with Crippen LogP contribution >= 0.6 is 0 Å². The molecular formula is C15H21N3O3. The molecule has 0 aliphatic carbocycles. The van der Waals surface area contributed by atoms with Gasteiger partial charge in [-0.05, 0) is 30.4 Å². The quantitative estimate of drug-likeness (QED) is 0.686. The summed E-state index contributed by atoms with van der Waals surface area (Å²) < 4.78 is 0. The van der Waals surface area contributed by atoms with Gasteiger partial charge in [0, 0.05) is 31.8 Å². The third-order valence-corrected chi connectivity index (χ3v) is 3.90. The first-order chi connectivity index (χ1) is 9.84. The van der Waals surface area contributed by atoms with Crippen LogP contribution in [0.1, 0.15) is 37.0 Å². The monoisotopic (exact) mass is 291 g/mol. The normalized spacial score (nSPS) is 17.4. The van der Waals surface area contributed by atoms with Crippen molar-refractivity contribution in [2.24, 2.45) is 5.41 Å². The number of rotatable bonds is 3. The maximum Gasteiger partial charge on any atom is 0.293 e. The van der Waals surface area contributed by atoms with E-state index in [2.05, 4.69) is 24.1 Å². The summed E-state index contributed by atoms with van der Waals surface area (Å²) in [5.74, 6) is -0.316. The molecule has 1 fully saturated rings. The minimum atomic E-state index is -0.413. The fourth-order valence-corrected chi connectivity index (χ4v) is 2.85. The number of nitro benzene ring substituents is 1. The molecule has 0 saturated carbocycles. The number of hydrogen-bond donors (Lipinski definition) is 1. The molecule has 21 heavy (non-hydrogen) atoms. The fourth-order valence-electron chi connectivity index (χ4n) is 2.85. The number of hydrogen-bond acceptors (Lipinski definition) is 4. The van der Waals surface area contributed by atoms with Gasteiger partial charge in [-0.15, -0.1) is 0 Å². The Bertz CT molecular complexity index is 569. The lowest BCUT2D eigenvalue weighted by Gasteiger charge is -2.39. The van der Waals surface area contributed by atoms with Crippen LogP contribution in [-0.4, -0.2) is 31.0 Å². The Morgan fingerprint density at radius 3 is 2.71 bits per heavy atom. The first kappa shape index (κ1) is 15.3. The van der Waals surface area contributed by atoms with E-state index in [0.29, 0.717) is 11.3 Å². The van der Waals surface area contributed by atoms with Gasteiger partial charge >= 0.3 is 0 Å².